The Morgan fingerprint density at radius 1 is 0.978 bits per heavy atom. The molecule has 0 unspecified atom stereocenters. The Morgan fingerprint density at radius 2 is 1.63 bits per heavy atom. The number of halogens is 1. The van der Waals surface area contributed by atoms with E-state index < -0.39 is 0 Å². The first-order valence-electron chi connectivity index (χ1n) is 16.6. The quantitative estimate of drug-likeness (QED) is 0.261. The molecule has 0 N–H and O–H groups in total. The maximum Gasteiger partial charge on any atom is 0.261 e. The van der Waals surface area contributed by atoms with E-state index in [-0.39, 0.29) is 17.0 Å². The van der Waals surface area contributed by atoms with Crippen LogP contribution in [0.1, 0.15) is 110 Å². The van der Waals surface area contributed by atoms with Gasteiger partial charge in [-0.15, -0.1) is 0 Å². The summed E-state index contributed by atoms with van der Waals surface area (Å²) in [6.07, 6.45) is 11.4. The van der Waals surface area contributed by atoms with Crippen LogP contribution in [0.2, 0.25) is 0 Å². The first-order chi connectivity index (χ1) is 22.0. The molecule has 2 aromatic carbocycles. The van der Waals surface area contributed by atoms with Gasteiger partial charge in [0.05, 0.1) is 22.9 Å². The third kappa shape index (κ3) is 11.6. The monoisotopic (exact) mass is 627 g/mol. The van der Waals surface area contributed by atoms with Gasteiger partial charge in [-0.05, 0) is 94.0 Å². The molecule has 0 fully saturated rings. The van der Waals surface area contributed by atoms with Gasteiger partial charge in [0.1, 0.15) is 23.0 Å². The van der Waals surface area contributed by atoms with Crippen molar-refractivity contribution in [3.8, 4) is 17.2 Å². The minimum Gasteiger partial charge on any atom is -0.488 e. The van der Waals surface area contributed by atoms with Gasteiger partial charge in [-0.25, -0.2) is 9.37 Å². The number of allylic oxidation sites excluding steroid dienone is 5. The molecule has 0 spiro atoms. The van der Waals surface area contributed by atoms with Crippen molar-refractivity contribution in [2.24, 2.45) is 0 Å². The lowest BCUT2D eigenvalue weighted by Gasteiger charge is -2.21. The van der Waals surface area contributed by atoms with Gasteiger partial charge in [0.15, 0.2) is 0 Å². The van der Waals surface area contributed by atoms with Gasteiger partial charge in [0.25, 0.3) is 5.56 Å². The van der Waals surface area contributed by atoms with E-state index in [1.165, 1.54) is 18.9 Å². The number of hydrogen-bond acceptors (Lipinski definition) is 4. The van der Waals surface area contributed by atoms with Crippen molar-refractivity contribution in [1.82, 2.24) is 9.55 Å². The molecule has 1 heterocycles. The lowest BCUT2D eigenvalue weighted by Crippen LogP contribution is -2.29. The fourth-order valence-electron chi connectivity index (χ4n) is 4.60. The molecule has 0 saturated carbocycles. The smallest absolute Gasteiger partial charge is 0.261 e. The van der Waals surface area contributed by atoms with Gasteiger partial charge in [0, 0.05) is 6.54 Å². The highest BCUT2D eigenvalue weighted by atomic mass is 19.1. The molecular formula is C40H54FN3O2. The number of nitriles is 1. The fraction of sp³-hybridized carbons (Fsp3) is 0.425. The molecule has 0 radical (unpaired) electrons. The van der Waals surface area contributed by atoms with Gasteiger partial charge in [-0.3, -0.25) is 9.36 Å². The summed E-state index contributed by atoms with van der Waals surface area (Å²) in [4.78, 5) is 18.3. The third-order valence-electron chi connectivity index (χ3n) is 6.85. The van der Waals surface area contributed by atoms with E-state index in [2.05, 4.69) is 24.9 Å². The molecule has 1 aromatic heterocycles. The van der Waals surface area contributed by atoms with E-state index in [9.17, 15) is 10.1 Å². The zero-order valence-electron chi connectivity index (χ0n) is 29.9. The van der Waals surface area contributed by atoms with Crippen LogP contribution in [0.5, 0.6) is 0 Å². The molecule has 1 aliphatic carbocycles. The molecule has 4 rings (SSSR count). The van der Waals surface area contributed by atoms with Gasteiger partial charge < -0.3 is 4.74 Å². The van der Waals surface area contributed by atoms with Crippen LogP contribution in [0.25, 0.3) is 16.7 Å². The molecule has 5 nitrogen and oxygen atoms in total. The van der Waals surface area contributed by atoms with Gasteiger partial charge in [-0.1, -0.05) is 96.9 Å². The molecule has 0 bridgehead atoms. The van der Waals surface area contributed by atoms with E-state index in [4.69, 9.17) is 4.74 Å². The Hall–Kier alpha value is -4.24. The number of hydrogen-bond donors (Lipinski definition) is 0. The van der Waals surface area contributed by atoms with E-state index in [1.807, 2.05) is 91.8 Å². The van der Waals surface area contributed by atoms with E-state index in [1.54, 1.807) is 35.8 Å². The summed E-state index contributed by atoms with van der Waals surface area (Å²) in [5.74, 6) is 0.982. The topological polar surface area (TPSA) is 67.9 Å². The standard InChI is InChI=1S/C32H32FN3O2.C4H10.2C2H6/c1-21-30(24-10-8-11-27(16-15-24)38-32(3,4)5)31(37)36(22(2)35-21)18-17-23-13-14-25(19-29(23)33)28-12-7-6-9-26(28)20-34;1-3-4-2;2*1-2/h6-7,9-16,19H,8,17-18H2,1-5H3;3-4H2,1-2H3;2*1-2H3. The Balaban J connectivity index is 0.00000121. The second-order valence-corrected chi connectivity index (χ2v) is 11.3. The van der Waals surface area contributed by atoms with Crippen LogP contribution < -0.4 is 5.56 Å². The SMILES string of the molecule is CC.CC.CCCC.Cc1nc(C)n(CCc2ccc(-c3ccccc3C#N)cc2F)c(=O)c1C1=CCC=C(OC(C)(C)C)C=C1. The zero-order valence-corrected chi connectivity index (χ0v) is 29.9. The van der Waals surface area contributed by atoms with Crippen molar-refractivity contribution < 1.29 is 9.13 Å². The summed E-state index contributed by atoms with van der Waals surface area (Å²) in [7, 11) is 0. The molecule has 0 amide bonds. The fourth-order valence-corrected chi connectivity index (χ4v) is 4.60. The molecular weight excluding hydrogens is 573 g/mol. The molecule has 248 valence electrons. The molecule has 3 aromatic rings. The van der Waals surface area contributed by atoms with Crippen LogP contribution in [0.4, 0.5) is 4.39 Å². The summed E-state index contributed by atoms with van der Waals surface area (Å²) < 4.78 is 22.7. The summed E-state index contributed by atoms with van der Waals surface area (Å²) in [5.41, 5.74) is 3.86. The average Bonchev–Trinajstić information content (AvgIpc) is 3.27. The van der Waals surface area contributed by atoms with Crippen LogP contribution in [-0.2, 0) is 17.7 Å². The van der Waals surface area contributed by atoms with Gasteiger partial charge in [0.2, 0.25) is 0 Å². The lowest BCUT2D eigenvalue weighted by molar-refractivity contribution is 0.0596. The second-order valence-electron chi connectivity index (χ2n) is 11.3. The Labute approximate surface area is 277 Å². The summed E-state index contributed by atoms with van der Waals surface area (Å²) in [5, 5.41) is 9.38. The van der Waals surface area contributed by atoms with Crippen molar-refractivity contribution in [3.63, 3.8) is 0 Å². The number of rotatable bonds is 7. The predicted molar refractivity (Wildman–Crippen MR) is 192 cm³/mol. The maximum atomic E-state index is 15.1. The number of unbranched alkanes of at least 4 members (excludes halogenated alkanes) is 1. The van der Waals surface area contributed by atoms with E-state index in [0.29, 0.717) is 58.7 Å². The summed E-state index contributed by atoms with van der Waals surface area (Å²) in [6.45, 7) is 22.3. The molecule has 6 heteroatoms. The maximum absolute atomic E-state index is 15.1. The van der Waals surface area contributed by atoms with Crippen molar-refractivity contribution in [2.45, 2.75) is 114 Å². The van der Waals surface area contributed by atoms with Gasteiger partial charge >= 0.3 is 0 Å². The van der Waals surface area contributed by atoms with Crippen LogP contribution >= 0.6 is 0 Å². The summed E-state index contributed by atoms with van der Waals surface area (Å²) >= 11 is 0. The number of nitrogens with zero attached hydrogens (tertiary/aromatic N) is 3. The van der Waals surface area contributed by atoms with Crippen molar-refractivity contribution in [1.29, 1.82) is 5.26 Å². The number of aryl methyl sites for hydroxylation is 3. The molecule has 0 atom stereocenters. The van der Waals surface area contributed by atoms with Crippen molar-refractivity contribution in [3.05, 3.63) is 117 Å². The predicted octanol–water partition coefficient (Wildman–Crippen LogP) is 10.7. The second kappa shape index (κ2) is 20.0. The highest BCUT2D eigenvalue weighted by molar-refractivity contribution is 5.76. The van der Waals surface area contributed by atoms with E-state index in [0.717, 1.165) is 11.3 Å². The van der Waals surface area contributed by atoms with Crippen LogP contribution in [-0.4, -0.2) is 15.2 Å². The number of ether oxygens (including phenoxy) is 1. The van der Waals surface area contributed by atoms with Crippen molar-refractivity contribution >= 4 is 5.57 Å². The van der Waals surface area contributed by atoms with Crippen LogP contribution in [0, 0.1) is 31.0 Å². The normalized spacial score (nSPS) is 12.0. The Bertz CT molecular complexity index is 1600. The van der Waals surface area contributed by atoms with Gasteiger partial charge in [-0.2, -0.15) is 5.26 Å². The average molecular weight is 628 g/mol. The zero-order chi connectivity index (χ0) is 34.9. The molecule has 1 aliphatic rings. The highest BCUT2D eigenvalue weighted by Gasteiger charge is 2.18. The minimum absolute atomic E-state index is 0.147. The lowest BCUT2D eigenvalue weighted by atomic mass is 9.98. The van der Waals surface area contributed by atoms with Crippen molar-refractivity contribution in [2.75, 3.05) is 0 Å². The molecule has 0 saturated heterocycles. The number of aromatic nitrogens is 2. The van der Waals surface area contributed by atoms with Crippen LogP contribution in [0.3, 0.4) is 0 Å². The largest absolute Gasteiger partial charge is 0.488 e. The Morgan fingerprint density at radius 3 is 2.22 bits per heavy atom. The number of benzene rings is 2. The first-order valence-corrected chi connectivity index (χ1v) is 16.6. The molecule has 46 heavy (non-hydrogen) atoms. The van der Waals surface area contributed by atoms with Crippen LogP contribution in [0.15, 0.2) is 77.3 Å². The third-order valence-corrected chi connectivity index (χ3v) is 6.85. The highest BCUT2D eigenvalue weighted by Crippen LogP contribution is 2.26. The minimum atomic E-state index is -0.367. The van der Waals surface area contributed by atoms with E-state index >= 15 is 4.39 Å². The molecule has 0 aliphatic heterocycles. The Kier molecular flexibility index (Phi) is 17.3. The first kappa shape index (κ1) is 39.8. The summed E-state index contributed by atoms with van der Waals surface area (Å²) in [6, 6.07) is 14.3.